The number of nitrogens with zero attached hydrogens (tertiary/aromatic N) is 2. The Labute approximate surface area is 90.0 Å². The number of rotatable bonds is 2. The lowest BCUT2D eigenvalue weighted by atomic mass is 10.2. The van der Waals surface area contributed by atoms with Gasteiger partial charge in [-0.05, 0) is 20.8 Å². The lowest BCUT2D eigenvalue weighted by molar-refractivity contribution is 0.0220. The van der Waals surface area contributed by atoms with Gasteiger partial charge in [-0.3, -0.25) is 0 Å². The third-order valence-corrected chi connectivity index (χ3v) is 2.02. The first-order valence-corrected chi connectivity index (χ1v) is 5.02. The summed E-state index contributed by atoms with van der Waals surface area (Å²) in [5.41, 5.74) is -0.452. The fraction of sp³-hybridized carbons (Fsp3) is 0.800. The zero-order valence-corrected chi connectivity index (χ0v) is 9.52. The Bertz CT molecular complexity index is 248. The van der Waals surface area contributed by atoms with E-state index in [1.807, 2.05) is 20.8 Å². The van der Waals surface area contributed by atoms with Crippen LogP contribution in [0.4, 0.5) is 4.79 Å². The van der Waals surface area contributed by atoms with Gasteiger partial charge in [0.2, 0.25) is 0 Å². The lowest BCUT2D eigenvalue weighted by Crippen LogP contribution is -2.35. The van der Waals surface area contributed by atoms with Crippen LogP contribution >= 0.6 is 0 Å². The zero-order valence-electron chi connectivity index (χ0n) is 9.52. The molecule has 0 aromatic rings. The lowest BCUT2D eigenvalue weighted by Gasteiger charge is -2.24. The highest BCUT2D eigenvalue weighted by atomic mass is 16.6. The fourth-order valence-corrected chi connectivity index (χ4v) is 1.41. The van der Waals surface area contributed by atoms with Gasteiger partial charge in [-0.25, -0.2) is 4.79 Å². The van der Waals surface area contributed by atoms with E-state index in [2.05, 4.69) is 11.9 Å². The van der Waals surface area contributed by atoms with Gasteiger partial charge in [-0.2, -0.15) is 0 Å². The molecule has 15 heavy (non-hydrogen) atoms. The minimum absolute atomic E-state index is 0.0463. The van der Waals surface area contributed by atoms with Crippen molar-refractivity contribution in [3.8, 4) is 0 Å². The van der Waals surface area contributed by atoms with Crippen molar-refractivity contribution >= 4 is 12.8 Å². The van der Waals surface area contributed by atoms with Gasteiger partial charge in [-0.1, -0.05) is 0 Å². The Morgan fingerprint density at radius 3 is 2.73 bits per heavy atom. The molecule has 0 aromatic carbocycles. The first kappa shape index (κ1) is 11.8. The van der Waals surface area contributed by atoms with Crippen LogP contribution in [0.2, 0.25) is 0 Å². The molecule has 1 saturated heterocycles. The topological polar surface area (TPSA) is 51.1 Å². The van der Waals surface area contributed by atoms with Crippen molar-refractivity contribution in [3.63, 3.8) is 0 Å². The molecule has 5 heteroatoms. The molecule has 0 spiro atoms. The van der Waals surface area contributed by atoms with E-state index in [1.54, 1.807) is 4.90 Å². The summed E-state index contributed by atoms with van der Waals surface area (Å²) in [5, 5.41) is 3.36. The molecule has 0 aliphatic carbocycles. The Balaban J connectivity index is 2.40. The van der Waals surface area contributed by atoms with Crippen molar-refractivity contribution in [2.24, 2.45) is 5.16 Å². The van der Waals surface area contributed by atoms with Crippen LogP contribution in [-0.4, -0.2) is 42.5 Å². The SMILES string of the molecule is C=NO[C@H]1CCN(C(=O)OC(C)(C)C)C1. The molecule has 1 amide bonds. The van der Waals surface area contributed by atoms with Gasteiger partial charge in [0.05, 0.1) is 6.54 Å². The van der Waals surface area contributed by atoms with Crippen LogP contribution in [0.25, 0.3) is 0 Å². The van der Waals surface area contributed by atoms with Gasteiger partial charge in [0.1, 0.15) is 11.7 Å². The fourth-order valence-electron chi connectivity index (χ4n) is 1.41. The Hall–Kier alpha value is -1.26. The van der Waals surface area contributed by atoms with Gasteiger partial charge in [-0.15, -0.1) is 5.16 Å². The number of oxime groups is 1. The molecule has 1 aliphatic heterocycles. The molecule has 1 atom stereocenters. The van der Waals surface area contributed by atoms with E-state index >= 15 is 0 Å². The minimum atomic E-state index is -0.452. The van der Waals surface area contributed by atoms with Crippen LogP contribution < -0.4 is 0 Å². The summed E-state index contributed by atoms with van der Waals surface area (Å²) in [5.74, 6) is 0. The minimum Gasteiger partial charge on any atom is -0.444 e. The smallest absolute Gasteiger partial charge is 0.410 e. The summed E-state index contributed by atoms with van der Waals surface area (Å²) < 4.78 is 5.23. The van der Waals surface area contributed by atoms with Crippen molar-refractivity contribution < 1.29 is 14.4 Å². The van der Waals surface area contributed by atoms with Crippen molar-refractivity contribution in [1.29, 1.82) is 0 Å². The molecule has 0 radical (unpaired) electrons. The molecule has 5 nitrogen and oxygen atoms in total. The molecule has 86 valence electrons. The Kier molecular flexibility index (Phi) is 3.55. The van der Waals surface area contributed by atoms with E-state index < -0.39 is 5.60 Å². The van der Waals surface area contributed by atoms with E-state index in [0.29, 0.717) is 13.1 Å². The van der Waals surface area contributed by atoms with E-state index in [1.165, 1.54) is 0 Å². The molecule has 0 N–H and O–H groups in total. The van der Waals surface area contributed by atoms with E-state index in [4.69, 9.17) is 9.57 Å². The highest BCUT2D eigenvalue weighted by molar-refractivity contribution is 5.68. The second-order valence-corrected chi connectivity index (χ2v) is 4.57. The monoisotopic (exact) mass is 214 g/mol. The van der Waals surface area contributed by atoms with Crippen molar-refractivity contribution in [1.82, 2.24) is 4.90 Å². The van der Waals surface area contributed by atoms with Gasteiger partial charge in [0.25, 0.3) is 0 Å². The predicted molar refractivity (Wildman–Crippen MR) is 56.8 cm³/mol. The summed E-state index contributed by atoms with van der Waals surface area (Å²) in [6, 6.07) is 0. The number of hydrogen-bond donors (Lipinski definition) is 0. The molecule has 1 fully saturated rings. The van der Waals surface area contributed by atoms with Crippen LogP contribution in [-0.2, 0) is 9.57 Å². The van der Waals surface area contributed by atoms with E-state index in [-0.39, 0.29) is 12.2 Å². The van der Waals surface area contributed by atoms with Crippen molar-refractivity contribution in [2.75, 3.05) is 13.1 Å². The third kappa shape index (κ3) is 3.77. The first-order chi connectivity index (χ1) is 6.92. The van der Waals surface area contributed by atoms with Crippen LogP contribution in [0.1, 0.15) is 27.2 Å². The summed E-state index contributed by atoms with van der Waals surface area (Å²) in [7, 11) is 0. The zero-order chi connectivity index (χ0) is 11.5. The molecular weight excluding hydrogens is 196 g/mol. The molecular formula is C10H18N2O3. The summed E-state index contributed by atoms with van der Waals surface area (Å²) in [6.07, 6.45) is 0.436. The quantitative estimate of drug-likeness (QED) is 0.518. The highest BCUT2D eigenvalue weighted by Gasteiger charge is 2.30. The van der Waals surface area contributed by atoms with Crippen LogP contribution in [0.5, 0.6) is 0 Å². The number of likely N-dealkylation sites (tertiary alicyclic amines) is 1. The van der Waals surface area contributed by atoms with Gasteiger partial charge < -0.3 is 14.5 Å². The van der Waals surface area contributed by atoms with Gasteiger partial charge in [0, 0.05) is 19.7 Å². The largest absolute Gasteiger partial charge is 0.444 e. The van der Waals surface area contributed by atoms with Crippen molar-refractivity contribution in [3.05, 3.63) is 0 Å². The van der Waals surface area contributed by atoms with E-state index in [9.17, 15) is 4.79 Å². The molecule has 0 unspecified atom stereocenters. The summed E-state index contributed by atoms with van der Waals surface area (Å²) >= 11 is 0. The maximum atomic E-state index is 11.6. The average molecular weight is 214 g/mol. The number of hydrogen-bond acceptors (Lipinski definition) is 4. The number of ether oxygens (including phenoxy) is 1. The van der Waals surface area contributed by atoms with Crippen molar-refractivity contribution in [2.45, 2.75) is 38.9 Å². The maximum Gasteiger partial charge on any atom is 0.410 e. The second-order valence-electron chi connectivity index (χ2n) is 4.57. The first-order valence-electron chi connectivity index (χ1n) is 5.02. The van der Waals surface area contributed by atoms with Crippen LogP contribution in [0, 0.1) is 0 Å². The highest BCUT2D eigenvalue weighted by Crippen LogP contribution is 2.16. The molecule has 0 aromatic heterocycles. The molecule has 1 rings (SSSR count). The summed E-state index contributed by atoms with van der Waals surface area (Å²) in [6.45, 7) is 9.96. The maximum absolute atomic E-state index is 11.6. The van der Waals surface area contributed by atoms with Crippen LogP contribution in [0.3, 0.4) is 0 Å². The predicted octanol–water partition coefficient (Wildman–Crippen LogP) is 1.63. The van der Waals surface area contributed by atoms with Gasteiger partial charge >= 0.3 is 6.09 Å². The standard InChI is InChI=1S/C10H18N2O3/c1-10(2,3)14-9(13)12-6-5-8(7-12)15-11-4/h8H,4-7H2,1-3H3/t8-/m0/s1. The molecule has 1 aliphatic rings. The average Bonchev–Trinajstić information content (AvgIpc) is 2.50. The normalized spacial score (nSPS) is 21.3. The molecule has 1 heterocycles. The molecule has 0 saturated carbocycles. The van der Waals surface area contributed by atoms with E-state index in [0.717, 1.165) is 6.42 Å². The third-order valence-electron chi connectivity index (χ3n) is 2.02. The Morgan fingerprint density at radius 2 is 2.20 bits per heavy atom. The van der Waals surface area contributed by atoms with Crippen LogP contribution in [0.15, 0.2) is 5.16 Å². The number of amides is 1. The second kappa shape index (κ2) is 4.51. The summed E-state index contributed by atoms with van der Waals surface area (Å²) in [4.78, 5) is 18.2. The molecule has 0 bridgehead atoms. The number of carbonyl (C=O) groups excluding carboxylic acids is 1. The van der Waals surface area contributed by atoms with Gasteiger partial charge in [0.15, 0.2) is 0 Å². The number of carbonyl (C=O) groups is 1. The Morgan fingerprint density at radius 1 is 1.53 bits per heavy atom.